The number of fused-ring (bicyclic) bond motifs is 1. The minimum absolute atomic E-state index is 0.0477. The summed E-state index contributed by atoms with van der Waals surface area (Å²) in [6.45, 7) is 12.9. The fourth-order valence-electron chi connectivity index (χ4n) is 4.65. The molecule has 0 spiro atoms. The molecule has 2 heterocycles. The zero-order chi connectivity index (χ0) is 34.9. The summed E-state index contributed by atoms with van der Waals surface area (Å²) in [5, 5.41) is 22.9. The third-order valence-corrected chi connectivity index (χ3v) is 7.87. The standard InChI is InChI=1S/C33H54N10O5/c1-33(2,3)42(4)19-9-17-36-15-7-6-14-35-16-8-18-37-26(44)22-38-30(45)25-12-10-24(11-13-25)23-43-29-27(39-32(43)46)28(34)40-31(41-29)48-21-20-47-5/h10-13,35-36H,6-9,14-23H2,1-5H3,(H,37,44)(H,38,45)(H,39,46)(H2,34,40,41). The predicted octanol–water partition coefficient (Wildman–Crippen LogP) is 1.50. The molecule has 0 atom stereocenters. The van der Waals surface area contributed by atoms with Crippen molar-refractivity contribution in [2.75, 3.05) is 78.9 Å². The van der Waals surface area contributed by atoms with Crippen LogP contribution in [0, 0.1) is 0 Å². The van der Waals surface area contributed by atoms with Gasteiger partial charge in [-0.1, -0.05) is 12.1 Å². The van der Waals surface area contributed by atoms with E-state index >= 15 is 0 Å². The molecule has 1 aromatic carbocycles. The maximum absolute atomic E-state index is 12.6. The van der Waals surface area contributed by atoms with Crippen LogP contribution in [0.25, 0.3) is 11.2 Å². The van der Waals surface area contributed by atoms with Gasteiger partial charge in [-0.25, -0.2) is 0 Å². The van der Waals surface area contributed by atoms with Gasteiger partial charge in [0.05, 0.1) is 19.7 Å². The summed E-state index contributed by atoms with van der Waals surface area (Å²) < 4.78 is 11.9. The fraction of sp³-hybridized carbons (Fsp3) is 0.606. The van der Waals surface area contributed by atoms with Gasteiger partial charge in [0.25, 0.3) is 11.9 Å². The maximum Gasteiger partial charge on any atom is 0.320 e. The Morgan fingerprint density at radius 3 is 2.25 bits per heavy atom. The van der Waals surface area contributed by atoms with Gasteiger partial charge in [-0.2, -0.15) is 15.0 Å². The zero-order valence-electron chi connectivity index (χ0n) is 29.1. The highest BCUT2D eigenvalue weighted by atomic mass is 16.5. The zero-order valence-corrected chi connectivity index (χ0v) is 29.1. The van der Waals surface area contributed by atoms with Gasteiger partial charge >= 0.3 is 6.01 Å². The van der Waals surface area contributed by atoms with Crippen LogP contribution in [0.5, 0.6) is 12.0 Å². The van der Waals surface area contributed by atoms with Crippen LogP contribution in [-0.4, -0.2) is 120 Å². The van der Waals surface area contributed by atoms with E-state index in [2.05, 4.69) is 68.9 Å². The third-order valence-electron chi connectivity index (χ3n) is 7.87. The van der Waals surface area contributed by atoms with Gasteiger partial charge in [0.15, 0.2) is 17.0 Å². The number of nitrogens with one attached hydrogen (secondary N) is 4. The molecule has 15 heteroatoms. The minimum atomic E-state index is -0.362. The highest BCUT2D eigenvalue weighted by Gasteiger charge is 2.18. The van der Waals surface area contributed by atoms with Crippen LogP contribution in [0.4, 0.5) is 5.82 Å². The number of ether oxygens (including phenoxy) is 2. The second-order valence-corrected chi connectivity index (χ2v) is 12.6. The molecule has 2 amide bonds. The summed E-state index contributed by atoms with van der Waals surface area (Å²) >= 11 is 0. The average molecular weight is 671 g/mol. The normalized spacial score (nSPS) is 11.7. The summed E-state index contributed by atoms with van der Waals surface area (Å²) in [5.74, 6) is -0.525. The summed E-state index contributed by atoms with van der Waals surface area (Å²) in [6, 6.07) is 6.56. The lowest BCUT2D eigenvalue weighted by Gasteiger charge is -2.31. The van der Waals surface area contributed by atoms with Crippen LogP contribution in [-0.2, 0) is 16.1 Å². The predicted molar refractivity (Wildman–Crippen MR) is 186 cm³/mol. The van der Waals surface area contributed by atoms with Crippen LogP contribution >= 0.6 is 0 Å². The molecule has 0 aliphatic rings. The molecule has 266 valence electrons. The molecule has 2 aromatic heterocycles. The van der Waals surface area contributed by atoms with Crippen molar-refractivity contribution in [1.82, 2.24) is 45.7 Å². The number of anilines is 1. The summed E-state index contributed by atoms with van der Waals surface area (Å²) in [6.07, 6.45) is 4.19. The van der Waals surface area contributed by atoms with Crippen LogP contribution in [0.2, 0.25) is 0 Å². The molecule has 0 fully saturated rings. The monoisotopic (exact) mass is 670 g/mol. The van der Waals surface area contributed by atoms with Gasteiger partial charge in [0.1, 0.15) is 6.61 Å². The largest absolute Gasteiger partial charge is 0.480 e. The molecule has 0 aliphatic carbocycles. The number of hydrogen-bond acceptors (Lipinski definition) is 12. The van der Waals surface area contributed by atoms with Crippen molar-refractivity contribution in [3.8, 4) is 12.0 Å². The number of aromatic nitrogens is 4. The van der Waals surface area contributed by atoms with Crippen LogP contribution in [0.15, 0.2) is 24.3 Å². The number of methoxy groups -OCH3 is 1. The van der Waals surface area contributed by atoms with Crippen molar-refractivity contribution in [2.45, 2.75) is 58.5 Å². The molecule has 0 bridgehead atoms. The number of nitrogen functional groups attached to an aromatic ring is 1. The fourth-order valence-corrected chi connectivity index (χ4v) is 4.65. The van der Waals surface area contributed by atoms with Crippen molar-refractivity contribution >= 4 is 28.8 Å². The van der Waals surface area contributed by atoms with Crippen LogP contribution < -0.4 is 31.7 Å². The van der Waals surface area contributed by atoms with Crippen molar-refractivity contribution in [1.29, 1.82) is 0 Å². The number of hydrogen-bond donors (Lipinski definition) is 6. The Morgan fingerprint density at radius 1 is 0.917 bits per heavy atom. The third kappa shape index (κ3) is 12.9. The lowest BCUT2D eigenvalue weighted by Crippen LogP contribution is -2.39. The van der Waals surface area contributed by atoms with Gasteiger partial charge in [0, 0.05) is 24.8 Å². The number of unbranched alkanes of at least 4 members (excludes halogenated alkanes) is 1. The molecular formula is C33H54N10O5. The number of imidazole rings is 1. The number of aromatic hydroxyl groups is 1. The smallest absolute Gasteiger partial charge is 0.320 e. The van der Waals surface area contributed by atoms with Gasteiger partial charge in [0.2, 0.25) is 5.91 Å². The van der Waals surface area contributed by atoms with Crippen LogP contribution in [0.3, 0.4) is 0 Å². The summed E-state index contributed by atoms with van der Waals surface area (Å²) in [4.78, 5) is 39.7. The van der Waals surface area contributed by atoms with Crippen molar-refractivity contribution in [3.63, 3.8) is 0 Å². The van der Waals surface area contributed by atoms with E-state index in [1.165, 1.54) is 4.57 Å². The quantitative estimate of drug-likeness (QED) is 0.0846. The SMILES string of the molecule is COCCOc1nc(N)c2nc(O)n(Cc3ccc(C(=O)NCC(=O)NCCCNCCCCNCCCN(C)C(C)(C)C)cc3)c2n1. The number of carbonyl (C=O) groups is 2. The first-order valence-electron chi connectivity index (χ1n) is 16.6. The Hall–Kier alpha value is -4.05. The highest BCUT2D eigenvalue weighted by molar-refractivity contribution is 5.96. The number of carbonyl (C=O) groups excluding carboxylic acids is 2. The molecule has 0 unspecified atom stereocenters. The second kappa shape index (κ2) is 19.7. The van der Waals surface area contributed by atoms with E-state index in [1.54, 1.807) is 31.4 Å². The average Bonchev–Trinajstić information content (AvgIpc) is 3.36. The topological polar surface area (TPSA) is 194 Å². The Balaban J connectivity index is 1.28. The van der Waals surface area contributed by atoms with E-state index in [0.29, 0.717) is 24.4 Å². The molecule has 0 radical (unpaired) electrons. The van der Waals surface area contributed by atoms with Gasteiger partial charge in [-0.3, -0.25) is 14.2 Å². The lowest BCUT2D eigenvalue weighted by atomic mass is 10.1. The van der Waals surface area contributed by atoms with E-state index in [4.69, 9.17) is 15.2 Å². The van der Waals surface area contributed by atoms with Crippen LogP contribution in [0.1, 0.15) is 62.4 Å². The molecule has 48 heavy (non-hydrogen) atoms. The van der Waals surface area contributed by atoms with Crippen molar-refractivity contribution in [3.05, 3.63) is 35.4 Å². The molecule has 3 aromatic rings. The molecular weight excluding hydrogens is 616 g/mol. The molecule has 3 rings (SSSR count). The first-order chi connectivity index (χ1) is 23.0. The number of amides is 2. The molecule has 0 aliphatic heterocycles. The molecule has 7 N–H and O–H groups in total. The molecule has 0 saturated carbocycles. The van der Waals surface area contributed by atoms with E-state index in [1.807, 2.05) is 0 Å². The van der Waals surface area contributed by atoms with E-state index < -0.39 is 0 Å². The number of nitrogens with two attached hydrogens (primary N) is 1. The number of nitrogens with zero attached hydrogens (tertiary/aromatic N) is 5. The Bertz CT molecular complexity index is 1420. The first-order valence-corrected chi connectivity index (χ1v) is 16.6. The van der Waals surface area contributed by atoms with E-state index in [0.717, 1.165) is 64.0 Å². The maximum atomic E-state index is 12.6. The number of benzene rings is 1. The van der Waals surface area contributed by atoms with Gasteiger partial charge in [-0.15, -0.1) is 0 Å². The van der Waals surface area contributed by atoms with Crippen molar-refractivity contribution in [2.24, 2.45) is 0 Å². The minimum Gasteiger partial charge on any atom is -0.480 e. The van der Waals surface area contributed by atoms with E-state index in [9.17, 15) is 14.7 Å². The summed E-state index contributed by atoms with van der Waals surface area (Å²) in [5.41, 5.74) is 7.96. The van der Waals surface area contributed by atoms with Crippen molar-refractivity contribution < 1.29 is 24.2 Å². The first kappa shape index (κ1) is 38.4. The summed E-state index contributed by atoms with van der Waals surface area (Å²) in [7, 11) is 3.73. The Morgan fingerprint density at radius 2 is 1.58 bits per heavy atom. The Kier molecular flexibility index (Phi) is 15.8. The molecule has 15 nitrogen and oxygen atoms in total. The van der Waals surface area contributed by atoms with Gasteiger partial charge in [-0.05, 0) is 104 Å². The highest BCUT2D eigenvalue weighted by Crippen LogP contribution is 2.25. The molecule has 0 saturated heterocycles. The Labute approximate surface area is 283 Å². The van der Waals surface area contributed by atoms with E-state index in [-0.39, 0.29) is 60.4 Å². The lowest BCUT2D eigenvalue weighted by molar-refractivity contribution is -0.120. The van der Waals surface area contributed by atoms with Gasteiger partial charge < -0.3 is 46.5 Å². The second-order valence-electron chi connectivity index (χ2n) is 12.6. The number of rotatable bonds is 22.